The zero-order chi connectivity index (χ0) is 31.6. The molecule has 0 spiro atoms. The van der Waals surface area contributed by atoms with Gasteiger partial charge < -0.3 is 25.4 Å². The second-order valence-electron chi connectivity index (χ2n) is 12.8. The highest BCUT2D eigenvalue weighted by molar-refractivity contribution is 5.97. The van der Waals surface area contributed by atoms with Crippen LogP contribution in [0.5, 0.6) is 11.9 Å². The second kappa shape index (κ2) is 9.44. The van der Waals surface area contributed by atoms with E-state index in [1.54, 1.807) is 11.8 Å². The van der Waals surface area contributed by atoms with Gasteiger partial charge in [-0.15, -0.1) is 0 Å². The first-order valence-corrected chi connectivity index (χ1v) is 14.8. The van der Waals surface area contributed by atoms with Crippen LogP contribution in [0.15, 0.2) is 12.1 Å². The summed E-state index contributed by atoms with van der Waals surface area (Å²) >= 11 is 0. The predicted molar refractivity (Wildman–Crippen MR) is 147 cm³/mol. The summed E-state index contributed by atoms with van der Waals surface area (Å²) in [6, 6.07) is 0.329. The lowest BCUT2D eigenvalue weighted by Crippen LogP contribution is -2.62. The van der Waals surface area contributed by atoms with Gasteiger partial charge in [-0.05, 0) is 38.3 Å². The van der Waals surface area contributed by atoms with E-state index in [2.05, 4.69) is 20.3 Å². The number of hydrogen-bond acceptors (Lipinski definition) is 9. The number of rotatable bonds is 4. The largest absolute Gasteiger partial charge is 0.472 e. The van der Waals surface area contributed by atoms with Gasteiger partial charge in [-0.1, -0.05) is 0 Å². The molecule has 45 heavy (non-hydrogen) atoms. The third kappa shape index (κ3) is 4.38. The molecule has 4 saturated heterocycles. The molecule has 3 N–H and O–H groups in total. The van der Waals surface area contributed by atoms with E-state index in [4.69, 9.17) is 15.2 Å². The second-order valence-corrected chi connectivity index (χ2v) is 12.8. The fourth-order valence-corrected chi connectivity index (χ4v) is 7.82. The number of piperazine rings is 1. The number of nitrogens with one attached hydrogen (secondary N) is 1. The summed E-state index contributed by atoms with van der Waals surface area (Å²) in [5.74, 6) is -5.43. The van der Waals surface area contributed by atoms with Crippen LogP contribution in [-0.4, -0.2) is 81.8 Å². The number of nitrogens with zero attached hydrogens (tertiary/aromatic N) is 5. The third-order valence-corrected chi connectivity index (χ3v) is 9.92. The van der Waals surface area contributed by atoms with Gasteiger partial charge in [0.2, 0.25) is 5.88 Å². The smallest absolute Gasteiger partial charge is 0.417 e. The highest BCUT2D eigenvalue weighted by atomic mass is 19.4. The maximum absolute atomic E-state index is 16.6. The normalized spacial score (nSPS) is 30.0. The molecule has 5 aliphatic rings. The number of fused-ring (bicyclic) bond motifs is 6. The number of anilines is 2. The van der Waals surface area contributed by atoms with E-state index in [0.717, 1.165) is 12.8 Å². The van der Waals surface area contributed by atoms with Crippen molar-refractivity contribution in [3.05, 3.63) is 29.3 Å². The number of alkyl halides is 5. The molecule has 2 bridgehead atoms. The van der Waals surface area contributed by atoms with Gasteiger partial charge in [0.25, 0.3) is 5.92 Å². The molecule has 4 fully saturated rings. The summed E-state index contributed by atoms with van der Waals surface area (Å²) in [5.41, 5.74) is 0.573. The number of pyridine rings is 1. The van der Waals surface area contributed by atoms with Crippen molar-refractivity contribution in [2.75, 3.05) is 36.9 Å². The standard InChI is InChI=1S/C29H28F7N7O2/c1-12-23-18-3-2-13(38-18)8-43(23)24-19-22(40-26(41-24)44-11-27-4-5-42(27)10-28(32,33)9-27)20(31)21(39-25(19)45-12)14-6-17(37)16(30)7-15(14)29(34,35)36/h6-7,12-13,18,23,38H,2-5,8-11,37H2,1H3/t12-,13+,18-,23+,27+/m0/s1. The quantitative estimate of drug-likeness (QED) is 0.315. The van der Waals surface area contributed by atoms with Crippen molar-refractivity contribution >= 4 is 22.4 Å². The van der Waals surface area contributed by atoms with E-state index < -0.39 is 76.4 Å². The summed E-state index contributed by atoms with van der Waals surface area (Å²) in [4.78, 5) is 16.7. The van der Waals surface area contributed by atoms with Gasteiger partial charge in [-0.25, -0.2) is 22.5 Å². The summed E-state index contributed by atoms with van der Waals surface area (Å²) < 4.78 is 114. The van der Waals surface area contributed by atoms with Gasteiger partial charge in [-0.3, -0.25) is 4.90 Å². The molecule has 3 aromatic rings. The Morgan fingerprint density at radius 2 is 1.96 bits per heavy atom. The fraction of sp³-hybridized carbons (Fsp3) is 0.552. The average molecular weight is 640 g/mol. The predicted octanol–water partition coefficient (Wildman–Crippen LogP) is 4.52. The van der Waals surface area contributed by atoms with E-state index in [1.807, 2.05) is 4.90 Å². The van der Waals surface area contributed by atoms with Gasteiger partial charge in [0, 0.05) is 37.2 Å². The Morgan fingerprint density at radius 3 is 2.67 bits per heavy atom. The van der Waals surface area contributed by atoms with E-state index in [9.17, 15) is 26.3 Å². The molecule has 240 valence electrons. The van der Waals surface area contributed by atoms with Crippen LogP contribution in [-0.2, 0) is 6.18 Å². The minimum Gasteiger partial charge on any atom is -0.472 e. The van der Waals surface area contributed by atoms with Crippen LogP contribution in [0.3, 0.4) is 0 Å². The van der Waals surface area contributed by atoms with E-state index >= 15 is 4.39 Å². The van der Waals surface area contributed by atoms with Gasteiger partial charge in [0.05, 0.1) is 29.4 Å². The molecule has 0 radical (unpaired) electrons. The highest BCUT2D eigenvalue weighted by Crippen LogP contribution is 2.49. The summed E-state index contributed by atoms with van der Waals surface area (Å²) in [6.07, 6.45) is -3.87. The zero-order valence-electron chi connectivity index (χ0n) is 23.9. The Labute approximate surface area is 251 Å². The van der Waals surface area contributed by atoms with Crippen molar-refractivity contribution in [2.24, 2.45) is 0 Å². The van der Waals surface area contributed by atoms with Crippen molar-refractivity contribution in [1.29, 1.82) is 0 Å². The number of nitrogens with two attached hydrogens (primary N) is 1. The number of halogens is 7. The Morgan fingerprint density at radius 1 is 1.16 bits per heavy atom. The number of ether oxygens (including phenoxy) is 2. The summed E-state index contributed by atoms with van der Waals surface area (Å²) in [7, 11) is 0. The van der Waals surface area contributed by atoms with Crippen molar-refractivity contribution in [1.82, 2.24) is 25.2 Å². The lowest BCUT2D eigenvalue weighted by Gasteiger charge is -2.46. The lowest BCUT2D eigenvalue weighted by molar-refractivity contribution is -0.137. The molecule has 0 aliphatic carbocycles. The van der Waals surface area contributed by atoms with Crippen LogP contribution in [0, 0.1) is 11.6 Å². The van der Waals surface area contributed by atoms with Gasteiger partial charge in [0.1, 0.15) is 40.9 Å². The molecule has 9 nitrogen and oxygen atoms in total. The Hall–Kier alpha value is -3.66. The Bertz CT molecular complexity index is 1740. The maximum atomic E-state index is 16.6. The van der Waals surface area contributed by atoms with Crippen LogP contribution < -0.4 is 25.4 Å². The number of aromatic nitrogens is 3. The molecule has 0 unspecified atom stereocenters. The first-order valence-electron chi connectivity index (χ1n) is 14.8. The number of nitrogen functional groups attached to an aromatic ring is 1. The summed E-state index contributed by atoms with van der Waals surface area (Å²) in [6.45, 7) is 2.16. The van der Waals surface area contributed by atoms with Crippen molar-refractivity contribution in [3.8, 4) is 23.1 Å². The Kier molecular flexibility index (Phi) is 6.04. The van der Waals surface area contributed by atoms with Crippen LogP contribution in [0.4, 0.5) is 42.2 Å². The molecule has 7 heterocycles. The van der Waals surface area contributed by atoms with Crippen LogP contribution in [0.1, 0.15) is 38.2 Å². The first kappa shape index (κ1) is 28.8. The molecule has 5 atom stereocenters. The third-order valence-electron chi connectivity index (χ3n) is 9.92. The molecule has 16 heteroatoms. The minimum absolute atomic E-state index is 0.0244. The molecular weight excluding hydrogens is 611 g/mol. The molecule has 0 saturated carbocycles. The van der Waals surface area contributed by atoms with Crippen LogP contribution in [0.2, 0.25) is 0 Å². The summed E-state index contributed by atoms with van der Waals surface area (Å²) in [5, 5.41) is 3.59. The first-order chi connectivity index (χ1) is 21.2. The van der Waals surface area contributed by atoms with Gasteiger partial charge in [-0.2, -0.15) is 23.1 Å². The van der Waals surface area contributed by atoms with Crippen LogP contribution >= 0.6 is 0 Å². The molecular formula is C29H28F7N7O2. The molecule has 0 amide bonds. The maximum Gasteiger partial charge on any atom is 0.417 e. The topological polar surface area (TPSA) is 102 Å². The molecule has 1 aromatic carbocycles. The Balaban J connectivity index is 1.31. The molecule has 8 rings (SSSR count). The molecule has 5 aliphatic heterocycles. The van der Waals surface area contributed by atoms with Crippen molar-refractivity contribution in [3.63, 3.8) is 0 Å². The minimum atomic E-state index is -5.08. The van der Waals surface area contributed by atoms with E-state index in [1.165, 1.54) is 0 Å². The number of hydrogen-bond donors (Lipinski definition) is 2. The van der Waals surface area contributed by atoms with Crippen molar-refractivity contribution < 1.29 is 40.2 Å². The number of benzene rings is 1. The van der Waals surface area contributed by atoms with Crippen LogP contribution in [0.25, 0.3) is 22.2 Å². The highest BCUT2D eigenvalue weighted by Gasteiger charge is 2.60. The lowest BCUT2D eigenvalue weighted by atomic mass is 9.85. The van der Waals surface area contributed by atoms with E-state index in [-0.39, 0.29) is 53.9 Å². The fourth-order valence-electron chi connectivity index (χ4n) is 7.82. The van der Waals surface area contributed by atoms with Gasteiger partial charge in [0.15, 0.2) is 5.82 Å². The SMILES string of the molecule is C[C@@H]1Oc2nc(-c3cc(N)c(F)cc3C(F)(F)F)c(F)c3nc(OC[C@]45CCN4CC(F)(F)C5)nc(c23)N2C[C@H]3CC[C@H](N3)[C@@H]12. The van der Waals surface area contributed by atoms with Crippen molar-refractivity contribution in [2.45, 2.75) is 74.5 Å². The zero-order valence-corrected chi connectivity index (χ0v) is 23.9. The van der Waals surface area contributed by atoms with E-state index in [0.29, 0.717) is 25.6 Å². The van der Waals surface area contributed by atoms with Gasteiger partial charge >= 0.3 is 12.2 Å². The average Bonchev–Trinajstić information content (AvgIpc) is 3.38. The monoisotopic (exact) mass is 639 g/mol. The molecule has 2 aromatic heterocycles.